The van der Waals surface area contributed by atoms with Crippen LogP contribution in [-0.4, -0.2) is 30.4 Å². The number of carbonyl (C=O) groups excluding carboxylic acids is 1. The van der Waals surface area contributed by atoms with Crippen molar-refractivity contribution in [2.24, 2.45) is 0 Å². The Morgan fingerprint density at radius 1 is 1.32 bits per heavy atom. The summed E-state index contributed by atoms with van der Waals surface area (Å²) >= 11 is 0. The van der Waals surface area contributed by atoms with Gasteiger partial charge in [-0.25, -0.2) is 0 Å². The monoisotopic (exact) mass is 258 g/mol. The minimum atomic E-state index is 0.227. The number of hydrogen-bond acceptors (Lipinski definition) is 2. The predicted octanol–water partition coefficient (Wildman–Crippen LogP) is 2.27. The normalized spacial score (nSPS) is 21.8. The molecule has 1 saturated carbocycles. The van der Waals surface area contributed by atoms with Crippen LogP contribution < -0.4 is 5.32 Å². The molecule has 0 spiro atoms. The molecule has 102 valence electrons. The molecule has 0 aromatic heterocycles. The maximum Gasteiger partial charge on any atom is 0.236 e. The molecule has 1 atom stereocenters. The molecule has 0 heterocycles. The summed E-state index contributed by atoms with van der Waals surface area (Å²) in [6.45, 7) is 0.464. The zero-order chi connectivity index (χ0) is 13.2. The Morgan fingerprint density at radius 2 is 2.11 bits per heavy atom. The first-order chi connectivity index (χ1) is 9.25. The Balaban J connectivity index is 1.60. The Kier molecular flexibility index (Phi) is 3.56. The van der Waals surface area contributed by atoms with Crippen molar-refractivity contribution in [2.45, 2.75) is 44.2 Å². The van der Waals surface area contributed by atoms with E-state index in [1.54, 1.807) is 0 Å². The summed E-state index contributed by atoms with van der Waals surface area (Å²) in [4.78, 5) is 13.9. The van der Waals surface area contributed by atoms with Crippen molar-refractivity contribution in [3.05, 3.63) is 35.4 Å². The minimum Gasteiger partial charge on any atom is -0.342 e. The highest BCUT2D eigenvalue weighted by atomic mass is 16.2. The van der Waals surface area contributed by atoms with E-state index >= 15 is 0 Å². The fourth-order valence-electron chi connectivity index (χ4n) is 2.97. The Bertz CT molecular complexity index is 468. The van der Waals surface area contributed by atoms with Crippen molar-refractivity contribution < 1.29 is 4.79 Å². The van der Waals surface area contributed by atoms with Crippen molar-refractivity contribution >= 4 is 5.91 Å². The van der Waals surface area contributed by atoms with Crippen LogP contribution in [0.4, 0.5) is 0 Å². The van der Waals surface area contributed by atoms with E-state index in [0.717, 1.165) is 6.42 Å². The summed E-state index contributed by atoms with van der Waals surface area (Å²) in [5.41, 5.74) is 2.82. The number of amides is 1. The second-order valence-corrected chi connectivity index (χ2v) is 5.76. The highest BCUT2D eigenvalue weighted by molar-refractivity contribution is 5.78. The van der Waals surface area contributed by atoms with Crippen molar-refractivity contribution in [2.75, 3.05) is 13.6 Å². The quantitative estimate of drug-likeness (QED) is 0.898. The van der Waals surface area contributed by atoms with Crippen molar-refractivity contribution in [3.8, 4) is 0 Å². The van der Waals surface area contributed by atoms with Crippen LogP contribution in [0.2, 0.25) is 0 Å². The fourth-order valence-corrected chi connectivity index (χ4v) is 2.97. The van der Waals surface area contributed by atoms with Crippen LogP contribution in [-0.2, 0) is 11.2 Å². The smallest absolute Gasteiger partial charge is 0.236 e. The van der Waals surface area contributed by atoms with Gasteiger partial charge in [0.15, 0.2) is 0 Å². The number of likely N-dealkylation sites (N-methyl/N-ethyl adjacent to an activating group) is 1. The molecule has 1 unspecified atom stereocenters. The summed E-state index contributed by atoms with van der Waals surface area (Å²) in [5, 5.41) is 3.45. The number of rotatable bonds is 4. The van der Waals surface area contributed by atoms with E-state index in [4.69, 9.17) is 0 Å². The van der Waals surface area contributed by atoms with E-state index in [1.807, 2.05) is 11.9 Å². The van der Waals surface area contributed by atoms with Crippen molar-refractivity contribution in [1.82, 2.24) is 10.2 Å². The van der Waals surface area contributed by atoms with E-state index in [1.165, 1.54) is 36.8 Å². The summed E-state index contributed by atoms with van der Waals surface area (Å²) in [6, 6.07) is 9.46. The molecule has 1 amide bonds. The molecule has 1 fully saturated rings. The van der Waals surface area contributed by atoms with Crippen molar-refractivity contribution in [3.63, 3.8) is 0 Å². The van der Waals surface area contributed by atoms with Crippen LogP contribution in [0, 0.1) is 0 Å². The summed E-state index contributed by atoms with van der Waals surface area (Å²) in [7, 11) is 1.93. The molecular weight excluding hydrogens is 236 g/mol. The zero-order valence-corrected chi connectivity index (χ0v) is 11.6. The molecule has 0 radical (unpaired) electrons. The number of benzene rings is 1. The van der Waals surface area contributed by atoms with Gasteiger partial charge in [0, 0.05) is 19.1 Å². The number of nitrogens with zero attached hydrogens (tertiary/aromatic N) is 1. The number of nitrogens with one attached hydrogen (secondary N) is 1. The summed E-state index contributed by atoms with van der Waals surface area (Å²) < 4.78 is 0. The van der Waals surface area contributed by atoms with Gasteiger partial charge in [0.25, 0.3) is 0 Å². The highest BCUT2D eigenvalue weighted by Gasteiger charge is 2.29. The molecule has 19 heavy (non-hydrogen) atoms. The number of aryl methyl sites for hydroxylation is 1. The van der Waals surface area contributed by atoms with Gasteiger partial charge in [-0.1, -0.05) is 24.3 Å². The first-order valence-corrected chi connectivity index (χ1v) is 7.32. The molecule has 0 aliphatic heterocycles. The van der Waals surface area contributed by atoms with Crippen LogP contribution in [0.25, 0.3) is 0 Å². The van der Waals surface area contributed by atoms with E-state index in [0.29, 0.717) is 18.6 Å². The Hall–Kier alpha value is -1.35. The fraction of sp³-hybridized carbons (Fsp3) is 0.562. The van der Waals surface area contributed by atoms with Gasteiger partial charge in [0.2, 0.25) is 5.91 Å². The van der Waals surface area contributed by atoms with E-state index < -0.39 is 0 Å². The second-order valence-electron chi connectivity index (χ2n) is 5.76. The average molecular weight is 258 g/mol. The molecule has 3 rings (SSSR count). The zero-order valence-electron chi connectivity index (χ0n) is 11.6. The molecule has 1 aromatic rings. The predicted molar refractivity (Wildman–Crippen MR) is 75.9 cm³/mol. The number of carbonyl (C=O) groups is 1. The van der Waals surface area contributed by atoms with Gasteiger partial charge in [0.1, 0.15) is 0 Å². The lowest BCUT2D eigenvalue weighted by Crippen LogP contribution is -2.38. The lowest BCUT2D eigenvalue weighted by Gasteiger charge is -2.27. The van der Waals surface area contributed by atoms with Crippen LogP contribution >= 0.6 is 0 Å². The molecule has 3 nitrogen and oxygen atoms in total. The maximum absolute atomic E-state index is 12.0. The molecule has 2 aliphatic carbocycles. The lowest BCUT2D eigenvalue weighted by atomic mass is 9.88. The van der Waals surface area contributed by atoms with E-state index in [-0.39, 0.29) is 5.91 Å². The number of fused-ring (bicyclic) bond motifs is 1. The van der Waals surface area contributed by atoms with Crippen LogP contribution in [0.15, 0.2) is 24.3 Å². The van der Waals surface area contributed by atoms with Gasteiger partial charge in [-0.2, -0.15) is 0 Å². The second kappa shape index (κ2) is 5.33. The lowest BCUT2D eigenvalue weighted by molar-refractivity contribution is -0.129. The van der Waals surface area contributed by atoms with Crippen molar-refractivity contribution in [1.29, 1.82) is 0 Å². The number of hydrogen-bond donors (Lipinski definition) is 1. The van der Waals surface area contributed by atoms with Crippen LogP contribution in [0.1, 0.15) is 42.9 Å². The van der Waals surface area contributed by atoms with Gasteiger partial charge < -0.3 is 10.2 Å². The van der Waals surface area contributed by atoms with E-state index in [9.17, 15) is 4.79 Å². The SMILES string of the molecule is CN(C(=O)CNC1CCCc2ccccc21)C1CC1. The third kappa shape index (κ3) is 2.81. The summed E-state index contributed by atoms with van der Waals surface area (Å²) in [6.07, 6.45) is 5.87. The van der Waals surface area contributed by atoms with Gasteiger partial charge in [-0.15, -0.1) is 0 Å². The van der Waals surface area contributed by atoms with Gasteiger partial charge >= 0.3 is 0 Å². The third-order valence-electron chi connectivity index (χ3n) is 4.36. The molecule has 3 heteroatoms. The molecule has 1 N–H and O–H groups in total. The molecule has 0 saturated heterocycles. The topological polar surface area (TPSA) is 32.3 Å². The van der Waals surface area contributed by atoms with E-state index in [2.05, 4.69) is 29.6 Å². The maximum atomic E-state index is 12.0. The minimum absolute atomic E-state index is 0.227. The third-order valence-corrected chi connectivity index (χ3v) is 4.36. The van der Waals surface area contributed by atoms with Gasteiger partial charge in [0.05, 0.1) is 6.54 Å². The summed E-state index contributed by atoms with van der Waals surface area (Å²) in [5.74, 6) is 0.227. The van der Waals surface area contributed by atoms with Gasteiger partial charge in [-0.3, -0.25) is 4.79 Å². The van der Waals surface area contributed by atoms with Crippen LogP contribution in [0.3, 0.4) is 0 Å². The standard InChI is InChI=1S/C16H22N2O/c1-18(13-9-10-13)16(19)11-17-15-8-4-6-12-5-2-3-7-14(12)15/h2-3,5,7,13,15,17H,4,6,8-11H2,1H3. The average Bonchev–Trinajstić information content (AvgIpc) is 3.28. The first kappa shape index (κ1) is 12.7. The molecule has 2 aliphatic rings. The highest BCUT2D eigenvalue weighted by Crippen LogP contribution is 2.29. The molecule has 0 bridgehead atoms. The molecule has 1 aromatic carbocycles. The molecular formula is C16H22N2O. The largest absolute Gasteiger partial charge is 0.342 e. The van der Waals surface area contributed by atoms with Crippen LogP contribution in [0.5, 0.6) is 0 Å². The Morgan fingerprint density at radius 3 is 2.89 bits per heavy atom. The first-order valence-electron chi connectivity index (χ1n) is 7.32. The Labute approximate surface area is 115 Å². The van der Waals surface area contributed by atoms with Gasteiger partial charge in [-0.05, 0) is 43.2 Å².